The molecule has 0 radical (unpaired) electrons. The fraction of sp³-hybridized carbons (Fsp3) is 0.571. The van der Waals surface area contributed by atoms with Crippen LogP contribution in [0.1, 0.15) is 55.8 Å². The van der Waals surface area contributed by atoms with E-state index in [1.165, 1.54) is 6.42 Å². The Morgan fingerprint density at radius 1 is 1.24 bits per heavy atom. The number of hydrogen-bond acceptors (Lipinski definition) is 3. The molecular weight excluding hydrogens is 314 g/mol. The third kappa shape index (κ3) is 3.32. The van der Waals surface area contributed by atoms with Crippen LogP contribution in [0.15, 0.2) is 36.4 Å². The minimum absolute atomic E-state index is 0.0444. The van der Waals surface area contributed by atoms with Gasteiger partial charge < -0.3 is 15.2 Å². The molecule has 4 heteroatoms. The standard InChI is InChI=1S/C21H27NO3/c1-14(2)12-25-18-5-3-17(4-6-18)19(23)22-20-8-15-7-16(9-20)11-21(24,10-15)13-20/h3-6,15-16,24H,1,7-13H2,2H3,(H,22,23)/t15-,16-,20?,21?/m0/s1. The van der Waals surface area contributed by atoms with E-state index in [2.05, 4.69) is 11.9 Å². The first-order chi connectivity index (χ1) is 11.8. The lowest BCUT2D eigenvalue weighted by Gasteiger charge is -2.60. The minimum Gasteiger partial charge on any atom is -0.489 e. The zero-order chi connectivity index (χ0) is 17.7. The summed E-state index contributed by atoms with van der Waals surface area (Å²) in [4.78, 5) is 12.8. The molecule has 4 nitrogen and oxygen atoms in total. The van der Waals surface area contributed by atoms with E-state index in [4.69, 9.17) is 4.74 Å². The molecule has 2 atom stereocenters. The van der Waals surface area contributed by atoms with Crippen LogP contribution in [0.3, 0.4) is 0 Å². The van der Waals surface area contributed by atoms with Crippen LogP contribution in [0.5, 0.6) is 5.75 Å². The summed E-state index contributed by atoms with van der Waals surface area (Å²) < 4.78 is 5.59. The van der Waals surface area contributed by atoms with E-state index in [9.17, 15) is 9.90 Å². The van der Waals surface area contributed by atoms with Crippen molar-refractivity contribution in [1.29, 1.82) is 0 Å². The quantitative estimate of drug-likeness (QED) is 0.807. The van der Waals surface area contributed by atoms with Gasteiger partial charge in [0, 0.05) is 11.1 Å². The number of ether oxygens (including phenoxy) is 1. The summed E-state index contributed by atoms with van der Waals surface area (Å²) in [6.07, 6.45) is 5.77. The van der Waals surface area contributed by atoms with Crippen molar-refractivity contribution in [3.63, 3.8) is 0 Å². The van der Waals surface area contributed by atoms with Crippen molar-refractivity contribution >= 4 is 5.91 Å². The average Bonchev–Trinajstić information content (AvgIpc) is 2.50. The number of aliphatic hydroxyl groups is 1. The number of carbonyl (C=O) groups is 1. The summed E-state index contributed by atoms with van der Waals surface area (Å²) >= 11 is 0. The van der Waals surface area contributed by atoms with Crippen LogP contribution in [0.4, 0.5) is 0 Å². The number of benzene rings is 1. The van der Waals surface area contributed by atoms with Gasteiger partial charge in [0.05, 0.1) is 5.60 Å². The molecular formula is C21H27NO3. The predicted octanol–water partition coefficient (Wildman–Crippen LogP) is 3.46. The zero-order valence-electron chi connectivity index (χ0n) is 14.9. The van der Waals surface area contributed by atoms with Crippen LogP contribution in [0, 0.1) is 11.8 Å². The van der Waals surface area contributed by atoms with E-state index in [1.54, 1.807) is 12.1 Å². The van der Waals surface area contributed by atoms with Crippen molar-refractivity contribution in [2.45, 2.75) is 56.6 Å². The van der Waals surface area contributed by atoms with Gasteiger partial charge in [-0.15, -0.1) is 0 Å². The second-order valence-electron chi connectivity index (χ2n) is 8.69. The highest BCUT2D eigenvalue weighted by molar-refractivity contribution is 5.94. The maximum atomic E-state index is 12.8. The van der Waals surface area contributed by atoms with Gasteiger partial charge in [0.15, 0.2) is 0 Å². The Balaban J connectivity index is 1.44. The number of rotatable bonds is 5. The van der Waals surface area contributed by atoms with Crippen LogP contribution in [-0.2, 0) is 0 Å². The Labute approximate surface area is 149 Å². The lowest BCUT2D eigenvalue weighted by molar-refractivity contribution is -0.139. The van der Waals surface area contributed by atoms with Gasteiger partial charge in [0.1, 0.15) is 12.4 Å². The van der Waals surface area contributed by atoms with Crippen molar-refractivity contribution in [2.24, 2.45) is 11.8 Å². The summed E-state index contributed by atoms with van der Waals surface area (Å²) in [6, 6.07) is 7.26. The first kappa shape index (κ1) is 16.6. The molecule has 0 aliphatic heterocycles. The normalized spacial score (nSPS) is 35.4. The second-order valence-corrected chi connectivity index (χ2v) is 8.69. The SMILES string of the molecule is C=C(C)COc1ccc(C(=O)NC23C[C@@H]4C[C@H](CC(O)(C4)C2)C3)cc1. The third-order valence-corrected chi connectivity index (χ3v) is 6.01. The number of hydrogen-bond donors (Lipinski definition) is 2. The zero-order valence-corrected chi connectivity index (χ0v) is 14.9. The van der Waals surface area contributed by atoms with E-state index in [1.807, 2.05) is 19.1 Å². The number of nitrogens with one attached hydrogen (secondary N) is 1. The van der Waals surface area contributed by atoms with E-state index in [0.29, 0.717) is 30.4 Å². The summed E-state index contributed by atoms with van der Waals surface area (Å²) in [5.41, 5.74) is 0.829. The molecule has 0 saturated heterocycles. The van der Waals surface area contributed by atoms with E-state index in [0.717, 1.165) is 37.0 Å². The Hall–Kier alpha value is -1.81. The molecule has 4 bridgehead atoms. The Bertz CT molecular complexity index is 680. The van der Waals surface area contributed by atoms with Gasteiger partial charge in [-0.2, -0.15) is 0 Å². The molecule has 5 rings (SSSR count). The van der Waals surface area contributed by atoms with Crippen LogP contribution in [0.2, 0.25) is 0 Å². The van der Waals surface area contributed by atoms with Gasteiger partial charge >= 0.3 is 0 Å². The van der Waals surface area contributed by atoms with Crippen molar-refractivity contribution < 1.29 is 14.6 Å². The van der Waals surface area contributed by atoms with Crippen molar-refractivity contribution in [3.05, 3.63) is 42.0 Å². The lowest BCUT2D eigenvalue weighted by Crippen LogP contribution is -2.65. The maximum absolute atomic E-state index is 12.8. The smallest absolute Gasteiger partial charge is 0.251 e. The maximum Gasteiger partial charge on any atom is 0.251 e. The van der Waals surface area contributed by atoms with Gasteiger partial charge in [-0.05, 0) is 87.1 Å². The highest BCUT2D eigenvalue weighted by Crippen LogP contribution is 2.57. The van der Waals surface area contributed by atoms with Crippen LogP contribution in [0.25, 0.3) is 0 Å². The largest absolute Gasteiger partial charge is 0.489 e. The first-order valence-electron chi connectivity index (χ1n) is 9.27. The molecule has 4 fully saturated rings. The summed E-state index contributed by atoms with van der Waals surface area (Å²) in [7, 11) is 0. The molecule has 25 heavy (non-hydrogen) atoms. The highest BCUT2D eigenvalue weighted by Gasteiger charge is 2.57. The number of carbonyl (C=O) groups excluding carboxylic acids is 1. The molecule has 0 heterocycles. The Morgan fingerprint density at radius 3 is 2.44 bits per heavy atom. The van der Waals surface area contributed by atoms with Gasteiger partial charge in [-0.3, -0.25) is 4.79 Å². The molecule has 134 valence electrons. The summed E-state index contributed by atoms with van der Waals surface area (Å²) in [5, 5.41) is 14.1. The van der Waals surface area contributed by atoms with Gasteiger partial charge in [-0.25, -0.2) is 0 Å². The fourth-order valence-corrected chi connectivity index (χ4v) is 5.58. The molecule has 4 aliphatic carbocycles. The molecule has 4 saturated carbocycles. The van der Waals surface area contributed by atoms with E-state index < -0.39 is 5.60 Å². The average molecular weight is 341 g/mol. The molecule has 1 aromatic rings. The van der Waals surface area contributed by atoms with Gasteiger partial charge in [0.2, 0.25) is 0 Å². The molecule has 2 N–H and O–H groups in total. The van der Waals surface area contributed by atoms with Crippen LogP contribution >= 0.6 is 0 Å². The van der Waals surface area contributed by atoms with Gasteiger partial charge in [-0.1, -0.05) is 6.58 Å². The van der Waals surface area contributed by atoms with Crippen molar-refractivity contribution in [2.75, 3.05) is 6.61 Å². The molecule has 1 aromatic carbocycles. The highest BCUT2D eigenvalue weighted by atomic mass is 16.5. The van der Waals surface area contributed by atoms with Crippen molar-refractivity contribution in [3.8, 4) is 5.75 Å². The van der Waals surface area contributed by atoms with E-state index >= 15 is 0 Å². The fourth-order valence-electron chi connectivity index (χ4n) is 5.58. The summed E-state index contributed by atoms with van der Waals surface area (Å²) in [6.45, 7) is 6.22. The van der Waals surface area contributed by atoms with E-state index in [-0.39, 0.29) is 11.4 Å². The molecule has 0 aromatic heterocycles. The third-order valence-electron chi connectivity index (χ3n) is 6.01. The first-order valence-corrected chi connectivity index (χ1v) is 9.27. The topological polar surface area (TPSA) is 58.6 Å². The van der Waals surface area contributed by atoms with Crippen LogP contribution in [-0.4, -0.2) is 28.8 Å². The molecule has 0 spiro atoms. The lowest BCUT2D eigenvalue weighted by atomic mass is 9.51. The van der Waals surface area contributed by atoms with Gasteiger partial charge in [0.25, 0.3) is 5.91 Å². The Morgan fingerprint density at radius 2 is 1.88 bits per heavy atom. The molecule has 0 unspecified atom stereocenters. The predicted molar refractivity (Wildman–Crippen MR) is 96.6 cm³/mol. The Kier molecular flexibility index (Phi) is 3.91. The minimum atomic E-state index is -0.558. The summed E-state index contributed by atoms with van der Waals surface area (Å²) in [5.74, 6) is 1.81. The second kappa shape index (κ2) is 5.87. The molecule has 1 amide bonds. The molecule has 4 aliphatic rings. The van der Waals surface area contributed by atoms with Crippen molar-refractivity contribution in [1.82, 2.24) is 5.32 Å². The monoisotopic (exact) mass is 341 g/mol. The van der Waals surface area contributed by atoms with Crippen LogP contribution < -0.4 is 10.1 Å². The number of amides is 1.